The molecule has 2 aliphatic rings. The Kier molecular flexibility index (Phi) is 7.92. The maximum Gasteiger partial charge on any atom is 0.254 e. The maximum atomic E-state index is 13.0. The van der Waals surface area contributed by atoms with Crippen LogP contribution in [0.15, 0.2) is 22.5 Å². The van der Waals surface area contributed by atoms with E-state index in [2.05, 4.69) is 20.4 Å². The number of rotatable bonds is 8. The van der Waals surface area contributed by atoms with Gasteiger partial charge >= 0.3 is 0 Å². The van der Waals surface area contributed by atoms with Gasteiger partial charge in [-0.05, 0) is 25.0 Å². The standard InChI is InChI=1S/C22H29N5O4S2/c1-30-17-11-15(12-18(13-17)31-2)20(29)26-7-9-27(10-8-26)21-24-25-22(33-21)32-14-19(28)23-16-5-3-4-6-16/h11-13,16H,3-10,14H2,1-2H3,(H,23,28). The lowest BCUT2D eigenvalue weighted by atomic mass is 10.1. The summed E-state index contributed by atoms with van der Waals surface area (Å²) in [6.45, 7) is 2.52. The third kappa shape index (κ3) is 6.08. The number of aromatic nitrogens is 2. The molecule has 1 saturated heterocycles. The van der Waals surface area contributed by atoms with E-state index in [-0.39, 0.29) is 11.8 Å². The Morgan fingerprint density at radius 2 is 1.73 bits per heavy atom. The smallest absolute Gasteiger partial charge is 0.254 e. The van der Waals surface area contributed by atoms with E-state index in [4.69, 9.17) is 9.47 Å². The number of thioether (sulfide) groups is 1. The molecule has 1 aromatic heterocycles. The molecule has 2 heterocycles. The second-order valence-corrected chi connectivity index (χ2v) is 10.2. The Morgan fingerprint density at radius 3 is 2.36 bits per heavy atom. The quantitative estimate of drug-likeness (QED) is 0.563. The normalized spacial score (nSPS) is 16.7. The van der Waals surface area contributed by atoms with Crippen molar-refractivity contribution in [1.29, 1.82) is 0 Å². The molecule has 1 N–H and O–H groups in total. The van der Waals surface area contributed by atoms with Crippen LogP contribution in [0, 0.1) is 0 Å². The molecule has 0 atom stereocenters. The number of carbonyl (C=O) groups excluding carboxylic acids is 2. The zero-order valence-corrected chi connectivity index (χ0v) is 20.5. The van der Waals surface area contributed by atoms with Crippen molar-refractivity contribution in [3.05, 3.63) is 23.8 Å². The van der Waals surface area contributed by atoms with Crippen LogP contribution in [0.25, 0.3) is 0 Å². The Morgan fingerprint density at radius 1 is 1.06 bits per heavy atom. The molecular formula is C22H29N5O4S2. The first kappa shape index (κ1) is 23.6. The van der Waals surface area contributed by atoms with Gasteiger partial charge in [0.1, 0.15) is 11.5 Å². The first-order valence-corrected chi connectivity index (χ1v) is 12.9. The Labute approximate surface area is 201 Å². The van der Waals surface area contributed by atoms with Gasteiger partial charge in [0.2, 0.25) is 11.0 Å². The third-order valence-electron chi connectivity index (χ3n) is 5.88. The molecule has 2 aromatic rings. The summed E-state index contributed by atoms with van der Waals surface area (Å²) in [6.07, 6.45) is 4.56. The van der Waals surface area contributed by atoms with Crippen LogP contribution in [0.4, 0.5) is 5.13 Å². The molecule has 33 heavy (non-hydrogen) atoms. The van der Waals surface area contributed by atoms with Gasteiger partial charge in [0.05, 0.1) is 20.0 Å². The number of piperazine rings is 1. The molecule has 11 heteroatoms. The van der Waals surface area contributed by atoms with Crippen LogP contribution in [0.2, 0.25) is 0 Å². The summed E-state index contributed by atoms with van der Waals surface area (Å²) in [5.74, 6) is 1.55. The average molecular weight is 492 g/mol. The lowest BCUT2D eigenvalue weighted by Crippen LogP contribution is -2.48. The monoisotopic (exact) mass is 491 g/mol. The highest BCUT2D eigenvalue weighted by molar-refractivity contribution is 8.01. The molecule has 0 unspecified atom stereocenters. The van der Waals surface area contributed by atoms with Gasteiger partial charge in [0.15, 0.2) is 4.34 Å². The van der Waals surface area contributed by atoms with E-state index < -0.39 is 0 Å². The minimum atomic E-state index is -0.0476. The van der Waals surface area contributed by atoms with E-state index in [1.54, 1.807) is 32.4 Å². The van der Waals surface area contributed by atoms with Crippen molar-refractivity contribution in [2.45, 2.75) is 36.1 Å². The molecule has 0 radical (unpaired) electrons. The zero-order chi connectivity index (χ0) is 23.2. The fourth-order valence-electron chi connectivity index (χ4n) is 4.07. The van der Waals surface area contributed by atoms with Crippen molar-refractivity contribution in [2.24, 2.45) is 0 Å². The van der Waals surface area contributed by atoms with Crippen molar-refractivity contribution < 1.29 is 19.1 Å². The predicted molar refractivity (Wildman–Crippen MR) is 129 cm³/mol. The number of hydrogen-bond acceptors (Lipinski definition) is 9. The summed E-state index contributed by atoms with van der Waals surface area (Å²) in [7, 11) is 3.14. The van der Waals surface area contributed by atoms with Gasteiger partial charge in [-0.1, -0.05) is 35.9 Å². The third-order valence-corrected chi connectivity index (χ3v) is 8.00. The van der Waals surface area contributed by atoms with Crippen LogP contribution in [0.5, 0.6) is 11.5 Å². The lowest BCUT2D eigenvalue weighted by Gasteiger charge is -2.34. The second kappa shape index (κ2) is 11.1. The number of ether oxygens (including phenoxy) is 2. The van der Waals surface area contributed by atoms with E-state index in [9.17, 15) is 9.59 Å². The molecule has 2 amide bonds. The second-order valence-electron chi connectivity index (χ2n) is 8.07. The minimum absolute atomic E-state index is 0.0476. The number of hydrogen-bond donors (Lipinski definition) is 1. The lowest BCUT2D eigenvalue weighted by molar-refractivity contribution is -0.119. The van der Waals surface area contributed by atoms with Crippen molar-refractivity contribution >= 4 is 40.0 Å². The summed E-state index contributed by atoms with van der Waals surface area (Å²) in [4.78, 5) is 29.1. The molecule has 0 bridgehead atoms. The van der Waals surface area contributed by atoms with Gasteiger partial charge in [-0.2, -0.15) is 0 Å². The number of methoxy groups -OCH3 is 2. The van der Waals surface area contributed by atoms with Gasteiger partial charge < -0.3 is 24.6 Å². The molecule has 0 spiro atoms. The molecule has 1 aliphatic carbocycles. The number of nitrogens with zero attached hydrogens (tertiary/aromatic N) is 4. The number of anilines is 1. The molecular weight excluding hydrogens is 462 g/mol. The highest BCUT2D eigenvalue weighted by atomic mass is 32.2. The highest BCUT2D eigenvalue weighted by Gasteiger charge is 2.25. The molecule has 9 nitrogen and oxygen atoms in total. The van der Waals surface area contributed by atoms with Gasteiger partial charge in [-0.15, -0.1) is 10.2 Å². The van der Waals surface area contributed by atoms with Crippen LogP contribution >= 0.6 is 23.1 Å². The largest absolute Gasteiger partial charge is 0.497 e. The summed E-state index contributed by atoms with van der Waals surface area (Å²) < 4.78 is 11.3. The van der Waals surface area contributed by atoms with Gasteiger partial charge in [0, 0.05) is 43.9 Å². The van der Waals surface area contributed by atoms with Crippen LogP contribution < -0.4 is 19.7 Å². The van der Waals surface area contributed by atoms with Crippen molar-refractivity contribution in [3.8, 4) is 11.5 Å². The van der Waals surface area contributed by atoms with E-state index in [0.29, 0.717) is 55.0 Å². The van der Waals surface area contributed by atoms with Gasteiger partial charge in [-0.25, -0.2) is 0 Å². The maximum absolute atomic E-state index is 13.0. The van der Waals surface area contributed by atoms with E-state index in [1.807, 2.05) is 4.90 Å². The first-order valence-electron chi connectivity index (χ1n) is 11.1. The van der Waals surface area contributed by atoms with Crippen LogP contribution in [0.3, 0.4) is 0 Å². The van der Waals surface area contributed by atoms with Crippen molar-refractivity contribution in [3.63, 3.8) is 0 Å². The number of carbonyl (C=O) groups is 2. The molecule has 178 valence electrons. The van der Waals surface area contributed by atoms with Crippen LogP contribution in [0.1, 0.15) is 36.0 Å². The van der Waals surface area contributed by atoms with Crippen molar-refractivity contribution in [2.75, 3.05) is 51.1 Å². The summed E-state index contributed by atoms with van der Waals surface area (Å²) in [5.41, 5.74) is 0.546. The molecule has 1 aliphatic heterocycles. The minimum Gasteiger partial charge on any atom is -0.497 e. The number of nitrogens with one attached hydrogen (secondary N) is 1. The predicted octanol–water partition coefficient (Wildman–Crippen LogP) is 2.67. The number of benzene rings is 1. The topological polar surface area (TPSA) is 96.9 Å². The van der Waals surface area contributed by atoms with Crippen LogP contribution in [-0.4, -0.2) is 79.1 Å². The Hall–Kier alpha value is -2.53. The molecule has 2 fully saturated rings. The SMILES string of the molecule is COc1cc(OC)cc(C(=O)N2CCN(c3nnc(SCC(=O)NC4CCCC4)s3)CC2)c1. The molecule has 1 aromatic carbocycles. The summed E-state index contributed by atoms with van der Waals surface area (Å²) in [5, 5.41) is 12.5. The van der Waals surface area contributed by atoms with Crippen LogP contribution in [-0.2, 0) is 4.79 Å². The summed E-state index contributed by atoms with van der Waals surface area (Å²) >= 11 is 2.91. The van der Waals surface area contributed by atoms with E-state index in [0.717, 1.165) is 22.3 Å². The van der Waals surface area contributed by atoms with E-state index >= 15 is 0 Å². The summed E-state index contributed by atoms with van der Waals surface area (Å²) in [6, 6.07) is 5.54. The Balaban J connectivity index is 1.27. The van der Waals surface area contributed by atoms with Gasteiger partial charge in [0.25, 0.3) is 5.91 Å². The van der Waals surface area contributed by atoms with Crippen molar-refractivity contribution in [1.82, 2.24) is 20.4 Å². The zero-order valence-electron chi connectivity index (χ0n) is 18.9. The van der Waals surface area contributed by atoms with Gasteiger partial charge in [-0.3, -0.25) is 9.59 Å². The molecule has 4 rings (SSSR count). The Bertz CT molecular complexity index is 949. The number of amides is 2. The first-order chi connectivity index (χ1) is 16.1. The van der Waals surface area contributed by atoms with E-state index in [1.165, 1.54) is 35.9 Å². The highest BCUT2D eigenvalue weighted by Crippen LogP contribution is 2.29. The fraction of sp³-hybridized carbons (Fsp3) is 0.545. The fourth-order valence-corrected chi connectivity index (χ4v) is 5.77. The molecule has 1 saturated carbocycles. The average Bonchev–Trinajstić information content (AvgIpc) is 3.54.